The highest BCUT2D eigenvalue weighted by Gasteiger charge is 2.49. The summed E-state index contributed by atoms with van der Waals surface area (Å²) < 4.78 is 25.0. The molecule has 4 N–H and O–H groups in total. The van der Waals surface area contributed by atoms with Crippen LogP contribution in [0.4, 0.5) is 10.1 Å². The van der Waals surface area contributed by atoms with Crippen molar-refractivity contribution in [2.75, 3.05) is 4.90 Å². The van der Waals surface area contributed by atoms with Gasteiger partial charge in [0.2, 0.25) is 5.91 Å². The van der Waals surface area contributed by atoms with E-state index in [-0.39, 0.29) is 23.4 Å². The third-order valence-electron chi connectivity index (χ3n) is 7.12. The molecule has 9 heteroatoms. The summed E-state index contributed by atoms with van der Waals surface area (Å²) in [5.41, 5.74) is 2.85. The van der Waals surface area contributed by atoms with Gasteiger partial charge in [-0.15, -0.1) is 0 Å². The first-order chi connectivity index (χ1) is 18.6. The van der Waals surface area contributed by atoms with Crippen molar-refractivity contribution >= 4 is 24.5 Å². The molecule has 0 saturated carbocycles. The van der Waals surface area contributed by atoms with Crippen LogP contribution >= 0.6 is 7.60 Å². The predicted molar refractivity (Wildman–Crippen MR) is 146 cm³/mol. The highest BCUT2D eigenvalue weighted by molar-refractivity contribution is 7.60. The Kier molecular flexibility index (Phi) is 7.38. The second-order valence-corrected chi connectivity index (χ2v) is 11.2. The Morgan fingerprint density at radius 1 is 0.872 bits per heavy atom. The molecular weight excluding hydrogens is 520 g/mol. The SMILES string of the molecule is O=C1C(CC[C@H](O)c2ccc(F)cc2)C(c2ccc(-c3cccc(P(=O)(O)O)c3)cc2O)N1c1ccccc1. The van der Waals surface area contributed by atoms with Gasteiger partial charge < -0.3 is 24.9 Å². The van der Waals surface area contributed by atoms with E-state index in [4.69, 9.17) is 0 Å². The molecule has 7 nitrogen and oxygen atoms in total. The van der Waals surface area contributed by atoms with Crippen LogP contribution in [0.5, 0.6) is 5.75 Å². The minimum absolute atomic E-state index is 0.0587. The lowest BCUT2D eigenvalue weighted by atomic mass is 9.77. The Balaban J connectivity index is 1.44. The lowest BCUT2D eigenvalue weighted by Crippen LogP contribution is -2.55. The van der Waals surface area contributed by atoms with Gasteiger partial charge in [0.25, 0.3) is 0 Å². The molecule has 1 aliphatic heterocycles. The van der Waals surface area contributed by atoms with Crippen LogP contribution in [-0.2, 0) is 9.36 Å². The Morgan fingerprint density at radius 3 is 2.23 bits per heavy atom. The molecule has 4 aromatic rings. The lowest BCUT2D eigenvalue weighted by Gasteiger charge is -2.48. The zero-order chi connectivity index (χ0) is 27.7. The predicted octanol–water partition coefficient (Wildman–Crippen LogP) is 5.22. The number of rotatable bonds is 8. The zero-order valence-electron chi connectivity index (χ0n) is 20.8. The number of β-lactam (4-membered cyclic amide) rings is 1. The van der Waals surface area contributed by atoms with Crippen molar-refractivity contribution in [1.29, 1.82) is 0 Å². The van der Waals surface area contributed by atoms with E-state index in [1.54, 1.807) is 29.2 Å². The molecule has 1 amide bonds. The molecule has 1 fully saturated rings. The molecule has 1 saturated heterocycles. The first kappa shape index (κ1) is 26.8. The Morgan fingerprint density at radius 2 is 1.56 bits per heavy atom. The Hall–Kier alpha value is -3.81. The number of phenols is 1. The smallest absolute Gasteiger partial charge is 0.356 e. The quantitative estimate of drug-likeness (QED) is 0.178. The van der Waals surface area contributed by atoms with Gasteiger partial charge in [0.15, 0.2) is 0 Å². The number of halogens is 1. The van der Waals surface area contributed by atoms with Gasteiger partial charge in [-0.3, -0.25) is 9.36 Å². The third-order valence-corrected chi connectivity index (χ3v) is 8.07. The molecule has 0 aromatic heterocycles. The molecule has 1 heterocycles. The summed E-state index contributed by atoms with van der Waals surface area (Å²) in [6.45, 7) is 0. The van der Waals surface area contributed by atoms with E-state index in [1.165, 1.54) is 42.5 Å². The largest absolute Gasteiger partial charge is 0.508 e. The van der Waals surface area contributed by atoms with Gasteiger partial charge in [-0.1, -0.05) is 54.6 Å². The van der Waals surface area contributed by atoms with Crippen LogP contribution in [0.2, 0.25) is 0 Å². The van der Waals surface area contributed by atoms with Crippen LogP contribution in [0.3, 0.4) is 0 Å². The van der Waals surface area contributed by atoms with Crippen LogP contribution in [0.1, 0.15) is 36.1 Å². The summed E-state index contributed by atoms with van der Waals surface area (Å²) >= 11 is 0. The van der Waals surface area contributed by atoms with Gasteiger partial charge in [0.1, 0.15) is 11.6 Å². The number of aliphatic hydroxyl groups excluding tert-OH is 1. The summed E-state index contributed by atoms with van der Waals surface area (Å²) in [5, 5.41) is 21.6. The molecule has 1 aliphatic rings. The van der Waals surface area contributed by atoms with E-state index in [2.05, 4.69) is 0 Å². The van der Waals surface area contributed by atoms with Crippen molar-refractivity contribution < 1.29 is 33.7 Å². The fraction of sp³-hybridized carbons (Fsp3) is 0.167. The average Bonchev–Trinajstić information content (AvgIpc) is 2.92. The van der Waals surface area contributed by atoms with Crippen molar-refractivity contribution in [2.45, 2.75) is 25.0 Å². The first-order valence-electron chi connectivity index (χ1n) is 12.4. The number of phenolic OH excluding ortho intramolecular Hbond substituents is 1. The fourth-order valence-corrected chi connectivity index (χ4v) is 5.68. The van der Waals surface area contributed by atoms with Crippen molar-refractivity contribution in [2.24, 2.45) is 5.92 Å². The van der Waals surface area contributed by atoms with Crippen LogP contribution in [0.15, 0.2) is 97.1 Å². The van der Waals surface area contributed by atoms with Crippen LogP contribution in [0.25, 0.3) is 11.1 Å². The number of nitrogens with zero attached hydrogens (tertiary/aromatic N) is 1. The maximum Gasteiger partial charge on any atom is 0.356 e. The molecule has 0 bridgehead atoms. The number of amides is 1. The number of benzene rings is 4. The van der Waals surface area contributed by atoms with Gasteiger partial charge in [-0.25, -0.2) is 4.39 Å². The summed E-state index contributed by atoms with van der Waals surface area (Å²) in [6.07, 6.45) is -0.256. The third kappa shape index (κ3) is 5.51. The summed E-state index contributed by atoms with van der Waals surface area (Å²) in [4.78, 5) is 34.0. The molecule has 0 spiro atoms. The minimum atomic E-state index is -4.44. The zero-order valence-corrected chi connectivity index (χ0v) is 21.7. The number of hydrogen-bond acceptors (Lipinski definition) is 4. The number of carbonyl (C=O) groups excluding carboxylic acids is 1. The van der Waals surface area contributed by atoms with Crippen molar-refractivity contribution in [3.63, 3.8) is 0 Å². The number of anilines is 1. The van der Waals surface area contributed by atoms with E-state index < -0.39 is 31.5 Å². The summed E-state index contributed by atoms with van der Waals surface area (Å²) in [7, 11) is -4.44. The molecule has 4 aromatic carbocycles. The molecule has 0 radical (unpaired) electrons. The lowest BCUT2D eigenvalue weighted by molar-refractivity contribution is -0.131. The second kappa shape index (κ2) is 10.8. The molecule has 3 atom stereocenters. The van der Waals surface area contributed by atoms with Gasteiger partial charge in [0, 0.05) is 11.3 Å². The maximum absolute atomic E-state index is 13.3. The molecule has 200 valence electrons. The summed E-state index contributed by atoms with van der Waals surface area (Å²) in [5.74, 6) is -1.09. The van der Waals surface area contributed by atoms with Crippen LogP contribution < -0.4 is 10.2 Å². The van der Waals surface area contributed by atoms with Crippen molar-refractivity contribution in [3.8, 4) is 16.9 Å². The molecule has 2 unspecified atom stereocenters. The second-order valence-electron chi connectivity index (χ2n) is 9.61. The first-order valence-corrected chi connectivity index (χ1v) is 14.1. The number of carbonyl (C=O) groups is 1. The summed E-state index contributed by atoms with van der Waals surface area (Å²) in [6, 6.07) is 25.2. The molecule has 39 heavy (non-hydrogen) atoms. The van der Waals surface area contributed by atoms with Gasteiger partial charge >= 0.3 is 7.60 Å². The van der Waals surface area contributed by atoms with Gasteiger partial charge in [-0.05, 0) is 72.0 Å². The maximum atomic E-state index is 13.3. The molecule has 0 aliphatic carbocycles. The van der Waals surface area contributed by atoms with Crippen LogP contribution in [-0.4, -0.2) is 25.9 Å². The Bertz CT molecular complexity index is 1540. The molecular formula is C30H27FNO6P. The van der Waals surface area contributed by atoms with Crippen molar-refractivity contribution in [3.05, 3.63) is 114 Å². The number of hydrogen-bond donors (Lipinski definition) is 4. The van der Waals surface area contributed by atoms with E-state index >= 15 is 0 Å². The van der Waals surface area contributed by atoms with E-state index in [0.717, 1.165) is 0 Å². The topological polar surface area (TPSA) is 118 Å². The van der Waals surface area contributed by atoms with Gasteiger partial charge in [-0.2, -0.15) is 0 Å². The minimum Gasteiger partial charge on any atom is -0.508 e. The normalized spacial score (nSPS) is 18.1. The van der Waals surface area contributed by atoms with Crippen molar-refractivity contribution in [1.82, 2.24) is 0 Å². The molecule has 5 rings (SSSR count). The monoisotopic (exact) mass is 547 g/mol. The number of para-hydroxylation sites is 1. The standard InChI is InChI=1S/C30H27FNO6P/c31-22-12-9-19(10-13-22)27(33)16-15-26-29(32(30(26)35)23-6-2-1-3-7-23)25-14-11-21(18-28(25)34)20-5-4-8-24(17-20)39(36,37)38/h1-14,17-18,26-27,29,33-34H,15-16H2,(H2,36,37,38)/t26?,27-,29?/m0/s1. The number of aromatic hydroxyl groups is 1. The number of aliphatic hydroxyl groups is 1. The van der Waals surface area contributed by atoms with E-state index in [1.807, 2.05) is 30.3 Å². The Labute approximate surface area is 225 Å². The highest BCUT2D eigenvalue weighted by atomic mass is 31.2. The highest BCUT2D eigenvalue weighted by Crippen LogP contribution is 2.49. The van der Waals surface area contributed by atoms with E-state index in [0.29, 0.717) is 34.4 Å². The van der Waals surface area contributed by atoms with Gasteiger partial charge in [0.05, 0.1) is 23.4 Å². The van der Waals surface area contributed by atoms with Crippen LogP contribution in [0, 0.1) is 11.7 Å². The fourth-order valence-electron chi connectivity index (χ4n) is 5.09. The average molecular weight is 548 g/mol. The van der Waals surface area contributed by atoms with E-state index in [9.17, 15) is 33.7 Å².